The number of thiocarbonyl (C=S) groups is 1. The smallest absolute Gasteiger partial charge is 0.129 e. The summed E-state index contributed by atoms with van der Waals surface area (Å²) in [6.07, 6.45) is 0.0642. The molecule has 0 aliphatic rings. The van der Waals surface area contributed by atoms with Crippen molar-refractivity contribution in [3.05, 3.63) is 29.8 Å². The normalized spacial score (nSPS) is 12.1. The summed E-state index contributed by atoms with van der Waals surface area (Å²) in [6.45, 7) is 6.18. The van der Waals surface area contributed by atoms with E-state index in [1.54, 1.807) is 0 Å². The number of nitrogens with two attached hydrogens (primary N) is 1. The molecule has 1 unspecified atom stereocenters. The van der Waals surface area contributed by atoms with Crippen LogP contribution in [0.15, 0.2) is 24.3 Å². The van der Waals surface area contributed by atoms with E-state index >= 15 is 0 Å². The Morgan fingerprint density at radius 1 is 1.32 bits per heavy atom. The first kappa shape index (κ1) is 15.9. The molecule has 0 aliphatic carbocycles. The molecule has 1 rings (SSSR count). The van der Waals surface area contributed by atoms with Gasteiger partial charge in [0, 0.05) is 6.61 Å². The second-order valence-corrected chi connectivity index (χ2v) is 4.49. The average Bonchev–Trinajstić information content (AvgIpc) is 2.41. The molecule has 5 heteroatoms. The van der Waals surface area contributed by atoms with Crippen molar-refractivity contribution < 1.29 is 14.2 Å². The van der Waals surface area contributed by atoms with Crippen molar-refractivity contribution in [3.63, 3.8) is 0 Å². The molecular formula is C14H21NO3S. The molecule has 2 N–H and O–H groups in total. The number of hydrogen-bond donors (Lipinski definition) is 1. The van der Waals surface area contributed by atoms with Gasteiger partial charge in [0.25, 0.3) is 0 Å². The molecule has 0 saturated heterocycles. The van der Waals surface area contributed by atoms with Gasteiger partial charge in [0.2, 0.25) is 0 Å². The average molecular weight is 283 g/mol. The number of para-hydroxylation sites is 1. The van der Waals surface area contributed by atoms with E-state index in [-0.39, 0.29) is 6.10 Å². The highest BCUT2D eigenvalue weighted by atomic mass is 32.1. The monoisotopic (exact) mass is 283 g/mol. The van der Waals surface area contributed by atoms with Crippen LogP contribution in [0.2, 0.25) is 0 Å². The van der Waals surface area contributed by atoms with E-state index < -0.39 is 0 Å². The molecule has 0 radical (unpaired) electrons. The number of benzene rings is 1. The third-order valence-electron chi connectivity index (χ3n) is 2.45. The summed E-state index contributed by atoms with van der Waals surface area (Å²) in [4.78, 5) is 0.334. The summed E-state index contributed by atoms with van der Waals surface area (Å²) in [5.74, 6) is 0.691. The van der Waals surface area contributed by atoms with Crippen LogP contribution in [0.4, 0.5) is 0 Å². The van der Waals surface area contributed by atoms with Crippen molar-refractivity contribution in [1.82, 2.24) is 0 Å². The highest BCUT2D eigenvalue weighted by Gasteiger charge is 2.06. The standard InChI is InChI=1S/C14H21NO3S/c1-3-16-10-11(2)17-8-9-18-13-7-5-4-6-12(13)14(15)19/h4-7,11H,3,8-10H2,1-2H3,(H2,15,19). The summed E-state index contributed by atoms with van der Waals surface area (Å²) in [6, 6.07) is 7.45. The Labute approximate surface area is 119 Å². The maximum Gasteiger partial charge on any atom is 0.129 e. The molecular weight excluding hydrogens is 262 g/mol. The first-order valence-corrected chi connectivity index (χ1v) is 6.77. The maximum atomic E-state index is 5.63. The molecule has 0 spiro atoms. The van der Waals surface area contributed by atoms with E-state index in [9.17, 15) is 0 Å². The molecule has 1 aromatic rings. The van der Waals surface area contributed by atoms with Crippen LogP contribution >= 0.6 is 12.2 Å². The van der Waals surface area contributed by atoms with Crippen molar-refractivity contribution in [2.75, 3.05) is 26.4 Å². The third-order valence-corrected chi connectivity index (χ3v) is 2.67. The van der Waals surface area contributed by atoms with Crippen molar-refractivity contribution in [2.24, 2.45) is 5.73 Å². The second-order valence-electron chi connectivity index (χ2n) is 4.05. The Hall–Kier alpha value is -1.17. The highest BCUT2D eigenvalue weighted by Crippen LogP contribution is 2.17. The van der Waals surface area contributed by atoms with Crippen LogP contribution in [-0.4, -0.2) is 37.5 Å². The van der Waals surface area contributed by atoms with Gasteiger partial charge in [0.05, 0.1) is 24.9 Å². The zero-order valence-electron chi connectivity index (χ0n) is 11.4. The lowest BCUT2D eigenvalue weighted by molar-refractivity contribution is -0.0128. The van der Waals surface area contributed by atoms with E-state index in [2.05, 4.69) is 0 Å². The van der Waals surface area contributed by atoms with E-state index in [4.69, 9.17) is 32.2 Å². The summed E-state index contributed by atoms with van der Waals surface area (Å²) in [5.41, 5.74) is 6.38. The van der Waals surface area contributed by atoms with E-state index in [1.165, 1.54) is 0 Å². The van der Waals surface area contributed by atoms with Gasteiger partial charge in [0.1, 0.15) is 17.3 Å². The lowest BCUT2D eigenvalue weighted by Gasteiger charge is -2.14. The van der Waals surface area contributed by atoms with Crippen molar-refractivity contribution >= 4 is 17.2 Å². The Bertz CT molecular complexity index is 398. The molecule has 0 saturated carbocycles. The maximum absolute atomic E-state index is 5.63. The summed E-state index contributed by atoms with van der Waals surface area (Å²) in [5, 5.41) is 0. The van der Waals surface area contributed by atoms with Gasteiger partial charge in [-0.2, -0.15) is 0 Å². The third kappa shape index (κ3) is 6.00. The number of rotatable bonds is 9. The Morgan fingerprint density at radius 2 is 2.05 bits per heavy atom. The van der Waals surface area contributed by atoms with Crippen molar-refractivity contribution in [1.29, 1.82) is 0 Å². The second kappa shape index (κ2) is 8.85. The SMILES string of the molecule is CCOCC(C)OCCOc1ccccc1C(N)=S. The topological polar surface area (TPSA) is 53.7 Å². The molecule has 4 nitrogen and oxygen atoms in total. The molecule has 1 aromatic carbocycles. The van der Waals surface area contributed by atoms with E-state index in [0.29, 0.717) is 37.2 Å². The Balaban J connectivity index is 2.31. The molecule has 0 fully saturated rings. The predicted molar refractivity (Wildman–Crippen MR) is 79.7 cm³/mol. The van der Waals surface area contributed by atoms with Gasteiger partial charge in [-0.15, -0.1) is 0 Å². The zero-order chi connectivity index (χ0) is 14.1. The minimum atomic E-state index is 0.0642. The first-order valence-electron chi connectivity index (χ1n) is 6.36. The van der Waals surface area contributed by atoms with Crippen molar-refractivity contribution in [2.45, 2.75) is 20.0 Å². The molecule has 0 amide bonds. The molecule has 1 atom stereocenters. The minimum Gasteiger partial charge on any atom is -0.490 e. The van der Waals surface area contributed by atoms with Crippen LogP contribution in [0.5, 0.6) is 5.75 Å². The zero-order valence-corrected chi connectivity index (χ0v) is 12.2. The quantitative estimate of drug-likeness (QED) is 0.556. The predicted octanol–water partition coefficient (Wildman–Crippen LogP) is 2.14. The number of hydrogen-bond acceptors (Lipinski definition) is 4. The number of ether oxygens (including phenoxy) is 3. The molecule has 0 bridgehead atoms. The van der Waals surface area contributed by atoms with Gasteiger partial charge in [0.15, 0.2) is 0 Å². The van der Waals surface area contributed by atoms with Crippen LogP contribution in [0.25, 0.3) is 0 Å². The van der Waals surface area contributed by atoms with Gasteiger partial charge in [-0.1, -0.05) is 24.4 Å². The van der Waals surface area contributed by atoms with Gasteiger partial charge in [-0.3, -0.25) is 0 Å². The van der Waals surface area contributed by atoms with Gasteiger partial charge in [-0.25, -0.2) is 0 Å². The van der Waals surface area contributed by atoms with Crippen molar-refractivity contribution in [3.8, 4) is 5.75 Å². The lowest BCUT2D eigenvalue weighted by Crippen LogP contribution is -2.20. The summed E-state index contributed by atoms with van der Waals surface area (Å²) in [7, 11) is 0. The fraction of sp³-hybridized carbons (Fsp3) is 0.500. The molecule has 19 heavy (non-hydrogen) atoms. The fourth-order valence-electron chi connectivity index (χ4n) is 1.53. The molecule has 0 aliphatic heterocycles. The lowest BCUT2D eigenvalue weighted by atomic mass is 10.2. The Morgan fingerprint density at radius 3 is 2.74 bits per heavy atom. The van der Waals surface area contributed by atoms with Gasteiger partial charge in [-0.05, 0) is 26.0 Å². The summed E-state index contributed by atoms with van der Waals surface area (Å²) < 4.78 is 16.4. The summed E-state index contributed by atoms with van der Waals surface area (Å²) >= 11 is 4.97. The highest BCUT2D eigenvalue weighted by molar-refractivity contribution is 7.80. The van der Waals surface area contributed by atoms with Crippen LogP contribution in [-0.2, 0) is 9.47 Å². The van der Waals surface area contributed by atoms with Crippen LogP contribution < -0.4 is 10.5 Å². The van der Waals surface area contributed by atoms with Crippen LogP contribution in [0.3, 0.4) is 0 Å². The minimum absolute atomic E-state index is 0.0642. The van der Waals surface area contributed by atoms with Crippen LogP contribution in [0.1, 0.15) is 19.4 Å². The molecule has 0 heterocycles. The Kier molecular flexibility index (Phi) is 7.40. The van der Waals surface area contributed by atoms with E-state index in [1.807, 2.05) is 38.1 Å². The van der Waals surface area contributed by atoms with E-state index in [0.717, 1.165) is 5.56 Å². The van der Waals surface area contributed by atoms with Crippen LogP contribution in [0, 0.1) is 0 Å². The first-order chi connectivity index (χ1) is 9.15. The van der Waals surface area contributed by atoms with Gasteiger partial charge < -0.3 is 19.9 Å². The largest absolute Gasteiger partial charge is 0.490 e. The molecule has 0 aromatic heterocycles. The fourth-order valence-corrected chi connectivity index (χ4v) is 1.70. The van der Waals surface area contributed by atoms with Gasteiger partial charge >= 0.3 is 0 Å². The molecule has 106 valence electrons.